The lowest BCUT2D eigenvalue weighted by Gasteiger charge is -2.18. The maximum atomic E-state index is 12.0. The van der Waals surface area contributed by atoms with Crippen LogP contribution >= 0.6 is 0 Å². The van der Waals surface area contributed by atoms with Crippen molar-refractivity contribution in [2.24, 2.45) is 0 Å². The number of aryl methyl sites for hydroxylation is 2. The van der Waals surface area contributed by atoms with Crippen molar-refractivity contribution in [3.8, 4) is 11.3 Å². The van der Waals surface area contributed by atoms with Crippen LogP contribution in [0.3, 0.4) is 0 Å². The average Bonchev–Trinajstić information content (AvgIpc) is 3.43. The fourth-order valence-corrected chi connectivity index (χ4v) is 6.70. The van der Waals surface area contributed by atoms with Gasteiger partial charge < -0.3 is 4.40 Å². The molecule has 1 atom stereocenters. The van der Waals surface area contributed by atoms with E-state index < -0.39 is 9.84 Å². The van der Waals surface area contributed by atoms with Gasteiger partial charge in [-0.15, -0.1) is 0 Å². The van der Waals surface area contributed by atoms with E-state index in [2.05, 4.69) is 60.7 Å². The first-order valence-electron chi connectivity index (χ1n) is 11.7. The third-order valence-electron chi connectivity index (χ3n) is 6.79. The molecule has 0 amide bonds. The van der Waals surface area contributed by atoms with Crippen LogP contribution in [0.15, 0.2) is 48.7 Å². The maximum absolute atomic E-state index is 12.0. The summed E-state index contributed by atoms with van der Waals surface area (Å²) in [4.78, 5) is 7.23. The smallest absolute Gasteiger partial charge is 0.152 e. The Kier molecular flexibility index (Phi) is 5.81. The fourth-order valence-electron chi connectivity index (χ4n) is 5.01. The number of fused-ring (bicyclic) bond motifs is 1. The van der Waals surface area contributed by atoms with E-state index >= 15 is 0 Å². The minimum Gasteiger partial charge on any atom is -0.302 e. The molecule has 7 nitrogen and oxygen atoms in total. The molecule has 1 fully saturated rings. The van der Waals surface area contributed by atoms with Crippen LogP contribution in [-0.4, -0.2) is 51.0 Å². The second-order valence-corrected chi connectivity index (χ2v) is 11.8. The quantitative estimate of drug-likeness (QED) is 0.418. The lowest BCUT2D eigenvalue weighted by atomic mass is 10.1. The van der Waals surface area contributed by atoms with Crippen molar-refractivity contribution in [2.45, 2.75) is 46.3 Å². The summed E-state index contributed by atoms with van der Waals surface area (Å²) in [6.07, 6.45) is 2.79. The summed E-state index contributed by atoms with van der Waals surface area (Å²) in [6, 6.07) is 14.4. The Balaban J connectivity index is 1.45. The van der Waals surface area contributed by atoms with Gasteiger partial charge in [-0.05, 0) is 45.9 Å². The van der Waals surface area contributed by atoms with Crippen LogP contribution in [0.1, 0.15) is 40.7 Å². The first-order valence-corrected chi connectivity index (χ1v) is 13.5. The van der Waals surface area contributed by atoms with Gasteiger partial charge in [-0.25, -0.2) is 13.4 Å². The molecule has 3 aromatic heterocycles. The minimum absolute atomic E-state index is 0.0609. The lowest BCUT2D eigenvalue weighted by molar-refractivity contribution is 0.313. The first kappa shape index (κ1) is 22.8. The molecule has 178 valence electrons. The molecular formula is C26H31N5O2S. The van der Waals surface area contributed by atoms with E-state index in [0.29, 0.717) is 6.42 Å². The van der Waals surface area contributed by atoms with Crippen molar-refractivity contribution in [3.05, 3.63) is 76.9 Å². The van der Waals surface area contributed by atoms with Crippen LogP contribution in [0.5, 0.6) is 0 Å². The third-order valence-corrected chi connectivity index (χ3v) is 8.54. The number of rotatable bonds is 6. The number of hydrogen-bond donors (Lipinski definition) is 0. The molecule has 4 aromatic rings. The third kappa shape index (κ3) is 4.28. The van der Waals surface area contributed by atoms with E-state index in [4.69, 9.17) is 10.1 Å². The van der Waals surface area contributed by atoms with Gasteiger partial charge in [-0.1, -0.05) is 36.4 Å². The van der Waals surface area contributed by atoms with Gasteiger partial charge in [0.15, 0.2) is 9.84 Å². The monoisotopic (exact) mass is 477 g/mol. The Hall–Kier alpha value is -2.97. The van der Waals surface area contributed by atoms with E-state index in [1.54, 1.807) is 0 Å². The molecule has 1 aromatic carbocycles. The highest BCUT2D eigenvalue weighted by Crippen LogP contribution is 2.29. The van der Waals surface area contributed by atoms with Crippen LogP contribution in [0.4, 0.5) is 0 Å². The molecule has 4 heterocycles. The molecule has 1 aliphatic heterocycles. The zero-order chi connectivity index (χ0) is 24.0. The number of sulfone groups is 1. The summed E-state index contributed by atoms with van der Waals surface area (Å²) in [7, 11) is -0.846. The minimum atomic E-state index is -2.96. The standard InChI is InChI=1S/C26H31N5O2S/c1-18-10-11-25-27-26(21-8-6-5-7-9-21)24(30(25)14-18)16-29(4)15-23-19(2)28-31(20(23)3)22-12-13-34(32,33)17-22/h5-11,14,22H,12-13,15-17H2,1-4H3. The van der Waals surface area contributed by atoms with E-state index in [0.717, 1.165) is 52.6 Å². The summed E-state index contributed by atoms with van der Waals surface area (Å²) in [5.74, 6) is 0.438. The summed E-state index contributed by atoms with van der Waals surface area (Å²) >= 11 is 0. The number of aromatic nitrogens is 4. The number of imidazole rings is 1. The van der Waals surface area contributed by atoms with Crippen molar-refractivity contribution < 1.29 is 8.42 Å². The Morgan fingerprint density at radius 1 is 1.06 bits per heavy atom. The fraction of sp³-hybridized carbons (Fsp3) is 0.385. The number of benzene rings is 1. The average molecular weight is 478 g/mol. The zero-order valence-electron chi connectivity index (χ0n) is 20.2. The number of nitrogens with zero attached hydrogens (tertiary/aromatic N) is 5. The summed E-state index contributed by atoms with van der Waals surface area (Å²) in [5, 5.41) is 4.74. The molecule has 0 bridgehead atoms. The van der Waals surface area contributed by atoms with Gasteiger partial charge in [0.25, 0.3) is 0 Å². The molecule has 1 saturated heterocycles. The van der Waals surface area contributed by atoms with Crippen LogP contribution in [0.25, 0.3) is 16.9 Å². The molecule has 1 unspecified atom stereocenters. The first-order chi connectivity index (χ1) is 16.2. The molecule has 0 radical (unpaired) electrons. The van der Waals surface area contributed by atoms with Gasteiger partial charge >= 0.3 is 0 Å². The molecule has 5 rings (SSSR count). The SMILES string of the molecule is Cc1ccc2nc(-c3ccccc3)c(CN(C)Cc3c(C)nn(C4CCS(=O)(=O)C4)c3C)n2c1. The van der Waals surface area contributed by atoms with E-state index in [-0.39, 0.29) is 17.5 Å². The Morgan fingerprint density at radius 3 is 2.53 bits per heavy atom. The normalized spacial score (nSPS) is 17.7. The maximum Gasteiger partial charge on any atom is 0.152 e. The molecule has 8 heteroatoms. The van der Waals surface area contributed by atoms with Crippen molar-refractivity contribution in [2.75, 3.05) is 18.6 Å². The largest absolute Gasteiger partial charge is 0.302 e. The Labute approximate surface area is 201 Å². The summed E-state index contributed by atoms with van der Waals surface area (Å²) < 4.78 is 28.1. The summed E-state index contributed by atoms with van der Waals surface area (Å²) in [6.45, 7) is 7.62. The van der Waals surface area contributed by atoms with Gasteiger partial charge in [0.1, 0.15) is 5.65 Å². The van der Waals surface area contributed by atoms with E-state index in [1.807, 2.05) is 29.8 Å². The molecule has 1 aliphatic rings. The second-order valence-electron chi connectivity index (χ2n) is 9.53. The molecular weight excluding hydrogens is 446 g/mol. The Morgan fingerprint density at radius 2 is 1.82 bits per heavy atom. The molecule has 0 aliphatic carbocycles. The zero-order valence-corrected chi connectivity index (χ0v) is 21.0. The van der Waals surface area contributed by atoms with Crippen molar-refractivity contribution in [1.82, 2.24) is 24.1 Å². The van der Waals surface area contributed by atoms with Crippen LogP contribution in [0, 0.1) is 20.8 Å². The lowest BCUT2D eigenvalue weighted by Crippen LogP contribution is -2.20. The van der Waals surface area contributed by atoms with Crippen LogP contribution in [-0.2, 0) is 22.9 Å². The number of pyridine rings is 1. The van der Waals surface area contributed by atoms with Crippen molar-refractivity contribution in [3.63, 3.8) is 0 Å². The molecule has 0 saturated carbocycles. The van der Waals surface area contributed by atoms with E-state index in [1.165, 1.54) is 5.56 Å². The highest BCUT2D eigenvalue weighted by molar-refractivity contribution is 7.91. The Bertz CT molecular complexity index is 1450. The molecule has 0 spiro atoms. The van der Waals surface area contributed by atoms with Crippen LogP contribution < -0.4 is 0 Å². The predicted molar refractivity (Wildman–Crippen MR) is 135 cm³/mol. The predicted octanol–water partition coefficient (Wildman–Crippen LogP) is 4.11. The van der Waals surface area contributed by atoms with Crippen molar-refractivity contribution in [1.29, 1.82) is 0 Å². The van der Waals surface area contributed by atoms with Gasteiger partial charge in [-0.3, -0.25) is 9.58 Å². The van der Waals surface area contributed by atoms with Gasteiger partial charge in [0.2, 0.25) is 0 Å². The highest BCUT2D eigenvalue weighted by Gasteiger charge is 2.31. The highest BCUT2D eigenvalue weighted by atomic mass is 32.2. The second kappa shape index (κ2) is 8.67. The molecule has 34 heavy (non-hydrogen) atoms. The van der Waals surface area contributed by atoms with Crippen molar-refractivity contribution >= 4 is 15.5 Å². The van der Waals surface area contributed by atoms with Gasteiger partial charge in [-0.2, -0.15) is 5.10 Å². The van der Waals surface area contributed by atoms with Gasteiger partial charge in [0, 0.05) is 36.1 Å². The van der Waals surface area contributed by atoms with Gasteiger partial charge in [0.05, 0.1) is 34.6 Å². The molecule has 0 N–H and O–H groups in total. The van der Waals surface area contributed by atoms with Crippen LogP contribution in [0.2, 0.25) is 0 Å². The van der Waals surface area contributed by atoms with E-state index in [9.17, 15) is 8.42 Å². The topological polar surface area (TPSA) is 72.5 Å². The number of hydrogen-bond acceptors (Lipinski definition) is 5. The summed E-state index contributed by atoms with van der Waals surface area (Å²) in [5.41, 5.74) is 8.57.